The zero-order valence-corrected chi connectivity index (χ0v) is 11.6. The minimum Gasteiger partial charge on any atom is -0.433 e. The number of alkyl halides is 2. The average molecular weight is 286 g/mol. The summed E-state index contributed by atoms with van der Waals surface area (Å²) in [5.41, 5.74) is 0.684. The zero-order valence-electron chi connectivity index (χ0n) is 10.8. The van der Waals surface area contributed by atoms with Crippen molar-refractivity contribution in [2.45, 2.75) is 20.5 Å². The Hall–Kier alpha value is -1.30. The molecule has 0 atom stereocenters. The van der Waals surface area contributed by atoms with Gasteiger partial charge in [-0.15, -0.1) is 0 Å². The highest BCUT2D eigenvalue weighted by atomic mass is 32.2. The lowest BCUT2D eigenvalue weighted by atomic mass is 9.97. The largest absolute Gasteiger partial charge is 0.433 e. The van der Waals surface area contributed by atoms with Crippen LogP contribution >= 0.6 is 11.8 Å². The van der Waals surface area contributed by atoms with Crippen LogP contribution in [0.5, 0.6) is 5.75 Å². The van der Waals surface area contributed by atoms with E-state index in [2.05, 4.69) is 28.9 Å². The molecule has 1 heterocycles. The summed E-state index contributed by atoms with van der Waals surface area (Å²) >= 11 is 1.59. The second kappa shape index (κ2) is 5.77. The molecule has 0 fully saturated rings. The molecule has 0 spiro atoms. The SMILES string of the molecule is CC1(C)CN=C(Nc2ccccc2OC(F)F)SC1. The average Bonchev–Trinajstić information content (AvgIpc) is 2.33. The second-order valence-electron chi connectivity index (χ2n) is 5.07. The molecule has 1 aromatic carbocycles. The third-order valence-electron chi connectivity index (χ3n) is 2.60. The first-order valence-corrected chi connectivity index (χ1v) is 6.93. The topological polar surface area (TPSA) is 33.6 Å². The molecule has 0 saturated carbocycles. The van der Waals surface area contributed by atoms with Gasteiger partial charge in [0.25, 0.3) is 0 Å². The molecule has 3 nitrogen and oxygen atoms in total. The first-order chi connectivity index (χ1) is 8.96. The van der Waals surface area contributed by atoms with E-state index in [1.165, 1.54) is 6.07 Å². The van der Waals surface area contributed by atoms with E-state index in [1.54, 1.807) is 30.0 Å². The second-order valence-corrected chi connectivity index (χ2v) is 6.04. The Balaban J connectivity index is 2.09. The van der Waals surface area contributed by atoms with Crippen molar-refractivity contribution in [3.8, 4) is 5.75 Å². The first kappa shape index (κ1) is 14.1. The molecule has 6 heteroatoms. The van der Waals surface area contributed by atoms with Gasteiger partial charge in [0.05, 0.1) is 5.69 Å². The number of thioether (sulfide) groups is 1. The van der Waals surface area contributed by atoms with Crippen LogP contribution in [0, 0.1) is 5.41 Å². The van der Waals surface area contributed by atoms with Gasteiger partial charge >= 0.3 is 6.61 Å². The maximum atomic E-state index is 12.3. The van der Waals surface area contributed by atoms with E-state index >= 15 is 0 Å². The summed E-state index contributed by atoms with van der Waals surface area (Å²) < 4.78 is 29.1. The number of amidine groups is 1. The molecule has 19 heavy (non-hydrogen) atoms. The van der Waals surface area contributed by atoms with Crippen molar-refractivity contribution in [3.63, 3.8) is 0 Å². The van der Waals surface area contributed by atoms with Crippen LogP contribution < -0.4 is 10.1 Å². The maximum Gasteiger partial charge on any atom is 0.387 e. The summed E-state index contributed by atoms with van der Waals surface area (Å²) in [7, 11) is 0. The van der Waals surface area contributed by atoms with Crippen LogP contribution in [-0.4, -0.2) is 24.1 Å². The van der Waals surface area contributed by atoms with Gasteiger partial charge in [-0.2, -0.15) is 8.78 Å². The number of nitrogens with zero attached hydrogens (tertiary/aromatic N) is 1. The Morgan fingerprint density at radius 2 is 2.11 bits per heavy atom. The Kier molecular flexibility index (Phi) is 4.29. The molecule has 1 aliphatic heterocycles. The molecule has 0 aliphatic carbocycles. The Morgan fingerprint density at radius 1 is 1.37 bits per heavy atom. The van der Waals surface area contributed by atoms with Crippen molar-refractivity contribution >= 4 is 22.6 Å². The summed E-state index contributed by atoms with van der Waals surface area (Å²) in [6, 6.07) is 6.62. The summed E-state index contributed by atoms with van der Waals surface area (Å²) in [6.07, 6.45) is 0. The lowest BCUT2D eigenvalue weighted by molar-refractivity contribution is -0.0493. The molecule has 1 N–H and O–H groups in total. The Morgan fingerprint density at radius 3 is 2.74 bits per heavy atom. The van der Waals surface area contributed by atoms with E-state index in [9.17, 15) is 8.78 Å². The molecule has 1 aromatic rings. The van der Waals surface area contributed by atoms with Gasteiger partial charge in [0, 0.05) is 12.3 Å². The van der Waals surface area contributed by atoms with Gasteiger partial charge in [0.1, 0.15) is 5.75 Å². The lowest BCUT2D eigenvalue weighted by Gasteiger charge is -2.27. The van der Waals surface area contributed by atoms with Crippen molar-refractivity contribution < 1.29 is 13.5 Å². The Labute approximate surface area is 115 Å². The molecule has 0 saturated heterocycles. The van der Waals surface area contributed by atoms with Gasteiger partial charge in [0.15, 0.2) is 5.17 Å². The smallest absolute Gasteiger partial charge is 0.387 e. The highest BCUT2D eigenvalue weighted by Gasteiger charge is 2.23. The van der Waals surface area contributed by atoms with Crippen LogP contribution in [0.4, 0.5) is 14.5 Å². The normalized spacial score (nSPS) is 18.1. The third-order valence-corrected chi connectivity index (χ3v) is 4.03. The molecule has 0 unspecified atom stereocenters. The molecule has 2 rings (SSSR count). The van der Waals surface area contributed by atoms with E-state index in [1.807, 2.05) is 0 Å². The van der Waals surface area contributed by atoms with Gasteiger partial charge in [0.2, 0.25) is 0 Å². The molecule has 0 bridgehead atoms. The quantitative estimate of drug-likeness (QED) is 0.917. The van der Waals surface area contributed by atoms with E-state index in [0.717, 1.165) is 17.5 Å². The van der Waals surface area contributed by atoms with Crippen LogP contribution in [0.25, 0.3) is 0 Å². The van der Waals surface area contributed by atoms with Crippen LogP contribution in [0.2, 0.25) is 0 Å². The van der Waals surface area contributed by atoms with Crippen molar-refractivity contribution in [1.29, 1.82) is 0 Å². The predicted octanol–water partition coefficient (Wildman–Crippen LogP) is 3.83. The van der Waals surface area contributed by atoms with Gasteiger partial charge in [-0.05, 0) is 17.5 Å². The maximum absolute atomic E-state index is 12.3. The van der Waals surface area contributed by atoms with Crippen LogP contribution in [0.15, 0.2) is 29.3 Å². The molecular weight excluding hydrogens is 270 g/mol. The molecule has 1 aliphatic rings. The number of nitrogens with one attached hydrogen (secondary N) is 1. The number of para-hydroxylation sites is 2. The molecule has 104 valence electrons. The third kappa shape index (κ3) is 4.09. The zero-order chi connectivity index (χ0) is 13.9. The van der Waals surface area contributed by atoms with Crippen molar-refractivity contribution in [2.24, 2.45) is 10.4 Å². The van der Waals surface area contributed by atoms with Gasteiger partial charge < -0.3 is 10.1 Å². The summed E-state index contributed by atoms with van der Waals surface area (Å²) in [4.78, 5) is 4.42. The lowest BCUT2D eigenvalue weighted by Crippen LogP contribution is -2.27. The number of aliphatic imine (C=N–C) groups is 1. The molecule has 0 radical (unpaired) electrons. The van der Waals surface area contributed by atoms with Crippen molar-refractivity contribution in [3.05, 3.63) is 24.3 Å². The fourth-order valence-corrected chi connectivity index (χ4v) is 2.56. The number of halogens is 2. The van der Waals surface area contributed by atoms with Crippen molar-refractivity contribution in [2.75, 3.05) is 17.6 Å². The highest BCUT2D eigenvalue weighted by molar-refractivity contribution is 8.14. The predicted molar refractivity (Wildman–Crippen MR) is 75.2 cm³/mol. The van der Waals surface area contributed by atoms with Gasteiger partial charge in [-0.25, -0.2) is 0 Å². The fraction of sp³-hybridized carbons (Fsp3) is 0.462. The minimum atomic E-state index is -2.83. The van der Waals surface area contributed by atoms with Gasteiger partial charge in [-0.3, -0.25) is 4.99 Å². The number of hydrogen-bond donors (Lipinski definition) is 1. The van der Waals surface area contributed by atoms with E-state index in [-0.39, 0.29) is 11.2 Å². The number of rotatable bonds is 3. The Bertz CT molecular complexity index is 477. The van der Waals surface area contributed by atoms with Crippen LogP contribution in [-0.2, 0) is 0 Å². The monoisotopic (exact) mass is 286 g/mol. The molecular formula is C13H16F2N2OS. The number of anilines is 1. The summed E-state index contributed by atoms with van der Waals surface area (Å²) in [6.45, 7) is 2.19. The van der Waals surface area contributed by atoms with Crippen LogP contribution in [0.1, 0.15) is 13.8 Å². The minimum absolute atomic E-state index is 0.130. The fourth-order valence-electron chi connectivity index (χ4n) is 1.60. The summed E-state index contributed by atoms with van der Waals surface area (Å²) in [5.74, 6) is 1.07. The summed E-state index contributed by atoms with van der Waals surface area (Å²) in [5, 5.41) is 3.79. The number of hydrogen-bond acceptors (Lipinski definition) is 4. The first-order valence-electron chi connectivity index (χ1n) is 5.94. The van der Waals surface area contributed by atoms with E-state index in [0.29, 0.717) is 5.69 Å². The molecule has 0 aromatic heterocycles. The van der Waals surface area contributed by atoms with E-state index < -0.39 is 6.61 Å². The number of benzene rings is 1. The van der Waals surface area contributed by atoms with Crippen LogP contribution in [0.3, 0.4) is 0 Å². The highest BCUT2D eigenvalue weighted by Crippen LogP contribution is 2.31. The number of ether oxygens (including phenoxy) is 1. The van der Waals surface area contributed by atoms with Gasteiger partial charge in [-0.1, -0.05) is 37.7 Å². The van der Waals surface area contributed by atoms with Crippen molar-refractivity contribution in [1.82, 2.24) is 0 Å². The molecule has 0 amide bonds. The van der Waals surface area contributed by atoms with E-state index in [4.69, 9.17) is 0 Å². The standard InChI is InChI=1S/C13H16F2N2OS/c1-13(2)7-16-12(19-8-13)17-9-5-3-4-6-10(9)18-11(14)15/h3-6,11H,7-8H2,1-2H3,(H,16,17).